The molecule has 38 heavy (non-hydrogen) atoms. The monoisotopic (exact) mass is 510 g/mol. The molecule has 6 nitrogen and oxygen atoms in total. The normalized spacial score (nSPS) is 19.8. The number of anilines is 2. The van der Waals surface area contributed by atoms with E-state index in [1.165, 1.54) is 0 Å². The molecule has 1 aliphatic carbocycles. The number of allylic oxidation sites excluding steroid dienone is 1. The smallest absolute Gasteiger partial charge is 0.258 e. The zero-order valence-electron chi connectivity index (χ0n) is 22.4. The molecule has 0 bridgehead atoms. The number of Topliss-reactive ketones (excluding diaryl/α,β-unsaturated/α-hetero) is 1. The number of hydrogen-bond acceptors (Lipinski definition) is 5. The molecule has 3 aromatic rings. The van der Waals surface area contributed by atoms with Gasteiger partial charge in [-0.15, -0.1) is 0 Å². The number of fused-ring (bicyclic) bond motifs is 2. The molecule has 0 saturated heterocycles. The van der Waals surface area contributed by atoms with Crippen LogP contribution in [0.4, 0.5) is 11.4 Å². The van der Waals surface area contributed by atoms with E-state index in [1.807, 2.05) is 79.7 Å². The van der Waals surface area contributed by atoms with E-state index in [4.69, 9.17) is 9.47 Å². The SMILES string of the molecule is CCCOc1ccc([C@H]2[C@H]3C(=O)CC(C)(C)C=C3Nc3ccccc3N2C(=O)c2ccccc2)cc1OC. The first-order valence-corrected chi connectivity index (χ1v) is 13.1. The number of carbonyl (C=O) groups is 2. The Labute approximate surface area is 224 Å². The molecule has 1 amide bonds. The van der Waals surface area contributed by atoms with Gasteiger partial charge in [0.15, 0.2) is 11.5 Å². The molecule has 1 heterocycles. The van der Waals surface area contributed by atoms with E-state index in [9.17, 15) is 9.59 Å². The number of ketones is 1. The van der Waals surface area contributed by atoms with Crippen LogP contribution in [0.25, 0.3) is 0 Å². The predicted octanol–water partition coefficient (Wildman–Crippen LogP) is 6.80. The number of rotatable bonds is 6. The fourth-order valence-electron chi connectivity index (χ4n) is 5.49. The maximum Gasteiger partial charge on any atom is 0.258 e. The summed E-state index contributed by atoms with van der Waals surface area (Å²) in [5.74, 6) is 0.555. The minimum Gasteiger partial charge on any atom is -0.493 e. The lowest BCUT2D eigenvalue weighted by molar-refractivity contribution is -0.124. The fourth-order valence-corrected chi connectivity index (χ4v) is 5.49. The van der Waals surface area contributed by atoms with Gasteiger partial charge in [-0.2, -0.15) is 0 Å². The van der Waals surface area contributed by atoms with Gasteiger partial charge < -0.3 is 14.8 Å². The van der Waals surface area contributed by atoms with Crippen molar-refractivity contribution in [3.63, 3.8) is 0 Å². The molecule has 5 rings (SSSR count). The number of hydrogen-bond donors (Lipinski definition) is 1. The van der Waals surface area contributed by atoms with E-state index in [0.717, 1.165) is 29.1 Å². The highest BCUT2D eigenvalue weighted by atomic mass is 16.5. The van der Waals surface area contributed by atoms with Crippen LogP contribution in [0.1, 0.15) is 55.6 Å². The van der Waals surface area contributed by atoms with Crippen molar-refractivity contribution in [3.05, 3.63) is 95.7 Å². The number of nitrogens with one attached hydrogen (secondary N) is 1. The molecular formula is C32H34N2O4. The van der Waals surface area contributed by atoms with Crippen molar-refractivity contribution in [2.24, 2.45) is 11.3 Å². The van der Waals surface area contributed by atoms with Gasteiger partial charge in [-0.25, -0.2) is 0 Å². The van der Waals surface area contributed by atoms with Crippen LogP contribution < -0.4 is 19.7 Å². The summed E-state index contributed by atoms with van der Waals surface area (Å²) < 4.78 is 11.6. The van der Waals surface area contributed by atoms with Gasteiger partial charge in [0.25, 0.3) is 5.91 Å². The van der Waals surface area contributed by atoms with E-state index in [2.05, 4.69) is 25.2 Å². The molecule has 3 aromatic carbocycles. The summed E-state index contributed by atoms with van der Waals surface area (Å²) in [6.45, 7) is 6.75. The molecule has 2 aliphatic rings. The second kappa shape index (κ2) is 10.4. The summed E-state index contributed by atoms with van der Waals surface area (Å²) in [6.07, 6.45) is 3.41. The number of nitrogens with zero attached hydrogens (tertiary/aromatic N) is 1. The maximum atomic E-state index is 14.3. The maximum absolute atomic E-state index is 14.3. The minimum absolute atomic E-state index is 0.0916. The summed E-state index contributed by atoms with van der Waals surface area (Å²) in [4.78, 5) is 30.0. The lowest BCUT2D eigenvalue weighted by Crippen LogP contribution is -2.43. The first-order valence-electron chi connectivity index (χ1n) is 13.1. The van der Waals surface area contributed by atoms with Crippen molar-refractivity contribution >= 4 is 23.1 Å². The van der Waals surface area contributed by atoms with Crippen molar-refractivity contribution in [2.75, 3.05) is 23.9 Å². The zero-order valence-corrected chi connectivity index (χ0v) is 22.4. The topological polar surface area (TPSA) is 67.9 Å². The molecule has 2 atom stereocenters. The zero-order chi connectivity index (χ0) is 26.9. The molecule has 1 aliphatic heterocycles. The fraction of sp³-hybridized carbons (Fsp3) is 0.312. The van der Waals surface area contributed by atoms with Gasteiger partial charge in [-0.1, -0.05) is 63.2 Å². The Kier molecular flexibility index (Phi) is 6.98. The number of methoxy groups -OCH3 is 1. The average molecular weight is 511 g/mol. The van der Waals surface area contributed by atoms with Gasteiger partial charge in [0, 0.05) is 17.7 Å². The van der Waals surface area contributed by atoms with Gasteiger partial charge >= 0.3 is 0 Å². The molecule has 0 radical (unpaired) electrons. The highest BCUT2D eigenvalue weighted by molar-refractivity contribution is 6.09. The Morgan fingerprint density at radius 3 is 2.50 bits per heavy atom. The van der Waals surface area contributed by atoms with Crippen LogP contribution in [0.3, 0.4) is 0 Å². The minimum atomic E-state index is -0.595. The Morgan fingerprint density at radius 2 is 1.76 bits per heavy atom. The molecule has 1 N–H and O–H groups in total. The lowest BCUT2D eigenvalue weighted by atomic mass is 9.72. The highest BCUT2D eigenvalue weighted by Gasteiger charge is 2.46. The average Bonchev–Trinajstić information content (AvgIpc) is 3.05. The summed E-state index contributed by atoms with van der Waals surface area (Å²) in [5, 5.41) is 3.54. The van der Waals surface area contributed by atoms with Crippen molar-refractivity contribution in [2.45, 2.75) is 39.7 Å². The van der Waals surface area contributed by atoms with Crippen LogP contribution in [0, 0.1) is 11.3 Å². The van der Waals surface area contributed by atoms with Crippen LogP contribution in [0.15, 0.2) is 84.6 Å². The second-order valence-electron chi connectivity index (χ2n) is 10.6. The molecule has 0 unspecified atom stereocenters. The lowest BCUT2D eigenvalue weighted by Gasteiger charge is -2.39. The molecular weight excluding hydrogens is 476 g/mol. The second-order valence-corrected chi connectivity index (χ2v) is 10.6. The van der Waals surface area contributed by atoms with E-state index < -0.39 is 12.0 Å². The number of amides is 1. The number of ether oxygens (including phenoxy) is 2. The largest absolute Gasteiger partial charge is 0.493 e. The Bertz CT molecular complexity index is 1380. The number of benzene rings is 3. The predicted molar refractivity (Wildman–Crippen MR) is 150 cm³/mol. The van der Waals surface area contributed by atoms with Crippen LogP contribution in [0.5, 0.6) is 11.5 Å². The third kappa shape index (κ3) is 4.78. The molecule has 6 heteroatoms. The van der Waals surface area contributed by atoms with Crippen LogP contribution in [-0.4, -0.2) is 25.4 Å². The Morgan fingerprint density at radius 1 is 1.03 bits per heavy atom. The van der Waals surface area contributed by atoms with Gasteiger partial charge in [-0.05, 0) is 53.8 Å². The van der Waals surface area contributed by atoms with E-state index >= 15 is 0 Å². The van der Waals surface area contributed by atoms with Crippen LogP contribution >= 0.6 is 0 Å². The Balaban J connectivity index is 1.75. The van der Waals surface area contributed by atoms with Crippen molar-refractivity contribution in [1.82, 2.24) is 0 Å². The standard InChI is InChI=1S/C32H34N2O4/c1-5-17-38-27-16-15-22(18-28(27)37-4)30-29-24(19-32(2,3)20-26(29)35)33-23-13-9-10-14-25(23)34(30)31(36)21-11-7-6-8-12-21/h6-16,18-19,29-30,33H,5,17,20H2,1-4H3/t29-,30+/m1/s1. The first-order chi connectivity index (χ1) is 18.3. The Hall–Kier alpha value is -4.06. The summed E-state index contributed by atoms with van der Waals surface area (Å²) in [5.41, 5.74) is 3.38. The van der Waals surface area contributed by atoms with Crippen LogP contribution in [-0.2, 0) is 4.79 Å². The van der Waals surface area contributed by atoms with E-state index in [1.54, 1.807) is 12.0 Å². The quantitative estimate of drug-likeness (QED) is 0.395. The molecule has 0 fully saturated rings. The summed E-state index contributed by atoms with van der Waals surface area (Å²) in [6, 6.07) is 22.1. The van der Waals surface area contributed by atoms with E-state index in [-0.39, 0.29) is 17.1 Å². The molecule has 0 spiro atoms. The number of para-hydroxylation sites is 2. The third-order valence-electron chi connectivity index (χ3n) is 7.12. The third-order valence-corrected chi connectivity index (χ3v) is 7.12. The van der Waals surface area contributed by atoms with Crippen molar-refractivity contribution in [3.8, 4) is 11.5 Å². The molecule has 0 saturated carbocycles. The summed E-state index contributed by atoms with van der Waals surface area (Å²) >= 11 is 0. The van der Waals surface area contributed by atoms with Gasteiger partial charge in [0.05, 0.1) is 37.1 Å². The van der Waals surface area contributed by atoms with Gasteiger partial charge in [0.2, 0.25) is 0 Å². The van der Waals surface area contributed by atoms with Crippen molar-refractivity contribution < 1.29 is 19.1 Å². The number of carbonyl (C=O) groups excluding carboxylic acids is 2. The van der Waals surface area contributed by atoms with Crippen molar-refractivity contribution in [1.29, 1.82) is 0 Å². The van der Waals surface area contributed by atoms with Gasteiger partial charge in [-0.3, -0.25) is 14.5 Å². The van der Waals surface area contributed by atoms with E-state index in [0.29, 0.717) is 30.1 Å². The molecule has 0 aromatic heterocycles. The van der Waals surface area contributed by atoms with Gasteiger partial charge in [0.1, 0.15) is 5.78 Å². The summed E-state index contributed by atoms with van der Waals surface area (Å²) in [7, 11) is 1.61. The molecule has 196 valence electrons. The highest BCUT2D eigenvalue weighted by Crippen LogP contribution is 2.49. The van der Waals surface area contributed by atoms with Crippen LogP contribution in [0.2, 0.25) is 0 Å². The first kappa shape index (κ1) is 25.6.